The Morgan fingerprint density at radius 3 is 2.82 bits per heavy atom. The lowest BCUT2D eigenvalue weighted by molar-refractivity contribution is -0.118. The second-order valence-electron chi connectivity index (χ2n) is 5.41. The summed E-state index contributed by atoms with van der Waals surface area (Å²) in [6.07, 6.45) is 1.15. The van der Waals surface area contributed by atoms with E-state index in [-0.39, 0.29) is 11.8 Å². The Hall–Kier alpha value is -2.69. The molecule has 0 bridgehead atoms. The van der Waals surface area contributed by atoms with Crippen LogP contribution in [0.15, 0.2) is 36.4 Å². The van der Waals surface area contributed by atoms with Crippen LogP contribution < -0.4 is 10.2 Å². The van der Waals surface area contributed by atoms with Gasteiger partial charge in [-0.2, -0.15) is 0 Å². The molecule has 3 rings (SSSR count). The van der Waals surface area contributed by atoms with Gasteiger partial charge in [0.05, 0.1) is 0 Å². The van der Waals surface area contributed by atoms with Crippen molar-refractivity contribution in [3.63, 3.8) is 0 Å². The largest absolute Gasteiger partial charge is 0.315 e. The fourth-order valence-corrected chi connectivity index (χ4v) is 2.60. The molecule has 1 N–H and O–H groups in total. The van der Waals surface area contributed by atoms with Crippen molar-refractivity contribution in [1.82, 2.24) is 4.98 Å². The highest BCUT2D eigenvalue weighted by atomic mass is 16.2. The molecule has 2 heterocycles. The predicted molar refractivity (Wildman–Crippen MR) is 85.1 cm³/mol. The van der Waals surface area contributed by atoms with Gasteiger partial charge in [-0.25, -0.2) is 4.98 Å². The highest BCUT2D eigenvalue weighted by molar-refractivity contribution is 6.05. The van der Waals surface area contributed by atoms with Gasteiger partial charge in [0.15, 0.2) is 0 Å². The molecule has 22 heavy (non-hydrogen) atoms. The van der Waals surface area contributed by atoms with Crippen molar-refractivity contribution in [2.75, 3.05) is 17.3 Å². The van der Waals surface area contributed by atoms with E-state index in [0.29, 0.717) is 24.2 Å². The van der Waals surface area contributed by atoms with E-state index in [1.54, 1.807) is 24.1 Å². The maximum absolute atomic E-state index is 12.3. The molecule has 0 atom stereocenters. The molecule has 2 aromatic rings. The number of rotatable bonds is 2. The van der Waals surface area contributed by atoms with Crippen molar-refractivity contribution in [2.45, 2.75) is 19.8 Å². The van der Waals surface area contributed by atoms with Crippen molar-refractivity contribution in [3.05, 3.63) is 53.2 Å². The second kappa shape index (κ2) is 5.60. The summed E-state index contributed by atoms with van der Waals surface area (Å²) >= 11 is 0. The Labute approximate surface area is 129 Å². The molecule has 1 aliphatic rings. The molecule has 5 heteroatoms. The number of carbonyl (C=O) groups excluding carboxylic acids is 2. The predicted octanol–water partition coefficient (Wildman–Crippen LogP) is 2.55. The van der Waals surface area contributed by atoms with Crippen molar-refractivity contribution in [1.29, 1.82) is 0 Å². The van der Waals surface area contributed by atoms with Crippen LogP contribution >= 0.6 is 0 Å². The average Bonchev–Trinajstić information content (AvgIpc) is 2.50. The molecule has 2 amide bonds. The monoisotopic (exact) mass is 295 g/mol. The number of anilines is 2. The number of pyridine rings is 1. The number of aryl methyl sites for hydroxylation is 2. The highest BCUT2D eigenvalue weighted by Gasteiger charge is 2.21. The molecule has 1 aromatic heterocycles. The molecule has 0 unspecified atom stereocenters. The van der Waals surface area contributed by atoms with Crippen LogP contribution in [0.25, 0.3) is 0 Å². The van der Waals surface area contributed by atoms with Crippen LogP contribution in [-0.4, -0.2) is 23.8 Å². The molecule has 1 aliphatic heterocycles. The van der Waals surface area contributed by atoms with Crippen molar-refractivity contribution < 1.29 is 9.59 Å². The smallest absolute Gasteiger partial charge is 0.256 e. The zero-order valence-electron chi connectivity index (χ0n) is 12.6. The summed E-state index contributed by atoms with van der Waals surface area (Å²) in [6.45, 7) is 1.88. The van der Waals surface area contributed by atoms with Crippen molar-refractivity contribution >= 4 is 23.3 Å². The maximum atomic E-state index is 12.3. The Balaban J connectivity index is 1.83. The zero-order chi connectivity index (χ0) is 15.7. The number of amides is 2. The Bertz CT molecular complexity index is 755. The number of fused-ring (bicyclic) bond motifs is 1. The van der Waals surface area contributed by atoms with Crippen LogP contribution in [0.1, 0.15) is 28.0 Å². The minimum absolute atomic E-state index is 0.105. The molecule has 0 spiro atoms. The minimum atomic E-state index is -0.194. The molecular formula is C17H17N3O2. The van der Waals surface area contributed by atoms with E-state index in [9.17, 15) is 9.59 Å². The summed E-state index contributed by atoms with van der Waals surface area (Å²) in [5.41, 5.74) is 3.32. The van der Waals surface area contributed by atoms with Gasteiger partial charge in [-0.3, -0.25) is 9.59 Å². The van der Waals surface area contributed by atoms with Gasteiger partial charge in [-0.05, 0) is 49.2 Å². The van der Waals surface area contributed by atoms with Gasteiger partial charge in [-0.15, -0.1) is 0 Å². The summed E-state index contributed by atoms with van der Waals surface area (Å²) in [7, 11) is 1.76. The second-order valence-corrected chi connectivity index (χ2v) is 5.41. The zero-order valence-corrected chi connectivity index (χ0v) is 12.6. The number of hydrogen-bond donors (Lipinski definition) is 1. The topological polar surface area (TPSA) is 62.3 Å². The highest BCUT2D eigenvalue weighted by Crippen LogP contribution is 2.27. The van der Waals surface area contributed by atoms with E-state index in [1.807, 2.05) is 31.2 Å². The third-order valence-corrected chi connectivity index (χ3v) is 3.82. The van der Waals surface area contributed by atoms with Crippen LogP contribution in [-0.2, 0) is 11.2 Å². The number of benzene rings is 1. The fraction of sp³-hybridized carbons (Fsp3) is 0.235. The third kappa shape index (κ3) is 2.70. The van der Waals surface area contributed by atoms with Gasteiger partial charge in [0.1, 0.15) is 5.82 Å². The first kappa shape index (κ1) is 14.3. The fourth-order valence-electron chi connectivity index (χ4n) is 2.60. The lowest BCUT2D eigenvalue weighted by Gasteiger charge is -2.26. The van der Waals surface area contributed by atoms with E-state index < -0.39 is 0 Å². The molecular weight excluding hydrogens is 278 g/mol. The van der Waals surface area contributed by atoms with Gasteiger partial charge in [0.2, 0.25) is 5.91 Å². The summed E-state index contributed by atoms with van der Waals surface area (Å²) in [5, 5.41) is 2.80. The van der Waals surface area contributed by atoms with Gasteiger partial charge >= 0.3 is 0 Å². The molecule has 0 aliphatic carbocycles. The number of nitrogens with zero attached hydrogens (tertiary/aromatic N) is 2. The first-order chi connectivity index (χ1) is 10.5. The van der Waals surface area contributed by atoms with Gasteiger partial charge in [0, 0.05) is 30.4 Å². The van der Waals surface area contributed by atoms with Gasteiger partial charge in [-0.1, -0.05) is 6.07 Å². The van der Waals surface area contributed by atoms with Crippen LogP contribution in [0, 0.1) is 6.92 Å². The molecule has 0 saturated carbocycles. The average molecular weight is 295 g/mol. The van der Waals surface area contributed by atoms with E-state index in [2.05, 4.69) is 10.3 Å². The first-order valence-electron chi connectivity index (χ1n) is 7.19. The summed E-state index contributed by atoms with van der Waals surface area (Å²) in [4.78, 5) is 29.9. The first-order valence-corrected chi connectivity index (χ1v) is 7.19. The van der Waals surface area contributed by atoms with Crippen LogP contribution in [0.2, 0.25) is 0 Å². The van der Waals surface area contributed by atoms with Crippen LogP contribution in [0.5, 0.6) is 0 Å². The minimum Gasteiger partial charge on any atom is -0.315 e. The van der Waals surface area contributed by atoms with Crippen LogP contribution in [0.4, 0.5) is 11.5 Å². The Kier molecular flexibility index (Phi) is 3.63. The van der Waals surface area contributed by atoms with Crippen molar-refractivity contribution in [3.8, 4) is 0 Å². The Morgan fingerprint density at radius 2 is 2.05 bits per heavy atom. The van der Waals surface area contributed by atoms with E-state index in [4.69, 9.17) is 0 Å². The van der Waals surface area contributed by atoms with Crippen LogP contribution in [0.3, 0.4) is 0 Å². The SMILES string of the molecule is Cc1cccc(NC(=O)c2ccc3c(c2)CCC(=O)N3C)n1. The van der Waals surface area contributed by atoms with E-state index in [1.165, 1.54) is 0 Å². The number of nitrogens with one attached hydrogen (secondary N) is 1. The molecule has 5 nitrogen and oxygen atoms in total. The third-order valence-electron chi connectivity index (χ3n) is 3.82. The summed E-state index contributed by atoms with van der Waals surface area (Å²) < 4.78 is 0. The van der Waals surface area contributed by atoms with Gasteiger partial charge in [0.25, 0.3) is 5.91 Å². The standard InChI is InChI=1S/C17H17N3O2/c1-11-4-3-5-15(18-11)19-17(22)13-6-8-14-12(10-13)7-9-16(21)20(14)2/h3-6,8,10H,7,9H2,1-2H3,(H,18,19,22). The maximum Gasteiger partial charge on any atom is 0.256 e. The molecule has 0 fully saturated rings. The molecule has 1 aromatic carbocycles. The normalized spacial score (nSPS) is 13.7. The number of carbonyl (C=O) groups is 2. The number of hydrogen-bond acceptors (Lipinski definition) is 3. The lowest BCUT2D eigenvalue weighted by Crippen LogP contribution is -2.31. The molecule has 112 valence electrons. The summed E-state index contributed by atoms with van der Waals surface area (Å²) in [5.74, 6) is 0.448. The quantitative estimate of drug-likeness (QED) is 0.926. The van der Waals surface area contributed by atoms with Crippen molar-refractivity contribution in [2.24, 2.45) is 0 Å². The van der Waals surface area contributed by atoms with E-state index >= 15 is 0 Å². The lowest BCUT2D eigenvalue weighted by atomic mass is 9.99. The molecule has 0 radical (unpaired) electrons. The Morgan fingerprint density at radius 1 is 1.23 bits per heavy atom. The van der Waals surface area contributed by atoms with E-state index in [0.717, 1.165) is 16.9 Å². The summed E-state index contributed by atoms with van der Waals surface area (Å²) in [6, 6.07) is 10.9. The molecule has 0 saturated heterocycles. The van der Waals surface area contributed by atoms with Gasteiger partial charge < -0.3 is 10.2 Å². The number of aromatic nitrogens is 1.